The molecule has 2 heterocycles. The molecule has 1 aliphatic carbocycles. The van der Waals surface area contributed by atoms with Crippen molar-refractivity contribution in [3.63, 3.8) is 0 Å². The number of carbonyl (C=O) groups excluding carboxylic acids is 1. The van der Waals surface area contributed by atoms with Gasteiger partial charge in [-0.15, -0.1) is 0 Å². The molecule has 0 aromatic carbocycles. The molecule has 114 valence electrons. The van der Waals surface area contributed by atoms with Crippen LogP contribution in [0.15, 0.2) is 10.9 Å². The van der Waals surface area contributed by atoms with Gasteiger partial charge in [0, 0.05) is 31.2 Å². The Morgan fingerprint density at radius 3 is 2.67 bits per heavy atom. The van der Waals surface area contributed by atoms with Gasteiger partial charge in [0.05, 0.1) is 5.56 Å². The molecular formula is C17H24N2O2. The lowest BCUT2D eigenvalue weighted by molar-refractivity contribution is 0.101. The lowest BCUT2D eigenvalue weighted by atomic mass is 10.00. The number of hydrogen-bond donors (Lipinski definition) is 0. The van der Waals surface area contributed by atoms with Crippen LogP contribution in [0.4, 0.5) is 0 Å². The molecule has 1 aromatic rings. The van der Waals surface area contributed by atoms with Crippen LogP contribution in [0, 0.1) is 0 Å². The molecule has 1 aliphatic heterocycles. The summed E-state index contributed by atoms with van der Waals surface area (Å²) in [6.45, 7) is 6.54. The lowest BCUT2D eigenvalue weighted by Gasteiger charge is -2.31. The van der Waals surface area contributed by atoms with E-state index in [9.17, 15) is 9.59 Å². The Bertz CT molecular complexity index is 612. The Morgan fingerprint density at radius 1 is 1.33 bits per heavy atom. The summed E-state index contributed by atoms with van der Waals surface area (Å²) in [4.78, 5) is 27.0. The molecule has 0 amide bonds. The molecular weight excluding hydrogens is 264 g/mol. The molecule has 0 saturated heterocycles. The molecule has 1 saturated carbocycles. The van der Waals surface area contributed by atoms with E-state index in [1.165, 1.54) is 31.0 Å². The molecule has 0 unspecified atom stereocenters. The Labute approximate surface area is 125 Å². The van der Waals surface area contributed by atoms with Crippen molar-refractivity contribution in [3.05, 3.63) is 33.2 Å². The summed E-state index contributed by atoms with van der Waals surface area (Å²) in [7, 11) is 0. The molecule has 1 aromatic heterocycles. The molecule has 0 N–H and O–H groups in total. The number of carbonyl (C=O) groups is 1. The third kappa shape index (κ3) is 2.57. The third-order valence-corrected chi connectivity index (χ3v) is 5.00. The highest BCUT2D eigenvalue weighted by molar-refractivity contribution is 5.93. The highest BCUT2D eigenvalue weighted by Gasteiger charge is 2.27. The van der Waals surface area contributed by atoms with Crippen LogP contribution in [0.5, 0.6) is 0 Å². The zero-order valence-corrected chi connectivity index (χ0v) is 13.0. The number of ketones is 1. The van der Waals surface area contributed by atoms with Crippen LogP contribution in [-0.2, 0) is 13.0 Å². The fraction of sp³-hybridized carbons (Fsp3) is 0.647. The summed E-state index contributed by atoms with van der Waals surface area (Å²) in [6.07, 6.45) is 5.46. The minimum atomic E-state index is -0.108. The standard InChI is InChI=1S/C17H24N2O2/c1-3-18-9-8-16-13(11-18)10-15(12(2)20)17(21)19(16)14-6-4-5-7-14/h10,14H,3-9,11H2,1-2H3. The maximum absolute atomic E-state index is 12.7. The van der Waals surface area contributed by atoms with Gasteiger partial charge in [-0.3, -0.25) is 14.5 Å². The Hall–Kier alpha value is -1.42. The van der Waals surface area contributed by atoms with Crippen LogP contribution in [-0.4, -0.2) is 28.3 Å². The van der Waals surface area contributed by atoms with Gasteiger partial charge in [0.25, 0.3) is 5.56 Å². The second-order valence-electron chi connectivity index (χ2n) is 6.32. The number of likely N-dealkylation sites (N-methyl/N-ethyl adjacent to an activating group) is 1. The predicted octanol–water partition coefficient (Wildman–Crippen LogP) is 2.54. The zero-order chi connectivity index (χ0) is 15.0. The topological polar surface area (TPSA) is 42.3 Å². The van der Waals surface area contributed by atoms with Gasteiger partial charge in [0.15, 0.2) is 5.78 Å². The highest BCUT2D eigenvalue weighted by Crippen LogP contribution is 2.31. The molecule has 21 heavy (non-hydrogen) atoms. The largest absolute Gasteiger partial charge is 0.309 e. The van der Waals surface area contributed by atoms with Crippen molar-refractivity contribution in [2.75, 3.05) is 13.1 Å². The van der Waals surface area contributed by atoms with E-state index in [4.69, 9.17) is 0 Å². The van der Waals surface area contributed by atoms with E-state index in [0.29, 0.717) is 11.6 Å². The summed E-state index contributed by atoms with van der Waals surface area (Å²) in [5, 5.41) is 0. The van der Waals surface area contributed by atoms with Gasteiger partial charge in [-0.05, 0) is 37.9 Å². The Kier molecular flexibility index (Phi) is 3.98. The van der Waals surface area contributed by atoms with E-state index in [-0.39, 0.29) is 11.3 Å². The average molecular weight is 288 g/mol. The number of rotatable bonds is 3. The summed E-state index contributed by atoms with van der Waals surface area (Å²) in [5.41, 5.74) is 2.68. The molecule has 0 atom stereocenters. The van der Waals surface area contributed by atoms with Crippen LogP contribution in [0.2, 0.25) is 0 Å². The quantitative estimate of drug-likeness (QED) is 0.803. The number of aromatic nitrogens is 1. The van der Waals surface area contributed by atoms with Gasteiger partial charge >= 0.3 is 0 Å². The van der Waals surface area contributed by atoms with Crippen LogP contribution >= 0.6 is 0 Å². The van der Waals surface area contributed by atoms with Crippen molar-refractivity contribution in [2.24, 2.45) is 0 Å². The van der Waals surface area contributed by atoms with Gasteiger partial charge < -0.3 is 4.57 Å². The molecule has 0 bridgehead atoms. The first-order valence-corrected chi connectivity index (χ1v) is 8.12. The maximum atomic E-state index is 12.7. The van der Waals surface area contributed by atoms with Crippen LogP contribution < -0.4 is 5.56 Å². The molecule has 3 rings (SSSR count). The first-order valence-electron chi connectivity index (χ1n) is 8.12. The summed E-state index contributed by atoms with van der Waals surface area (Å²) < 4.78 is 1.98. The van der Waals surface area contributed by atoms with Gasteiger partial charge in [-0.1, -0.05) is 19.8 Å². The van der Waals surface area contributed by atoms with Crippen molar-refractivity contribution >= 4 is 5.78 Å². The van der Waals surface area contributed by atoms with Crippen molar-refractivity contribution in [1.82, 2.24) is 9.47 Å². The van der Waals surface area contributed by atoms with E-state index in [2.05, 4.69) is 11.8 Å². The molecule has 0 spiro atoms. The molecule has 1 fully saturated rings. The van der Waals surface area contributed by atoms with E-state index in [1.54, 1.807) is 0 Å². The van der Waals surface area contributed by atoms with Crippen molar-refractivity contribution in [3.8, 4) is 0 Å². The van der Waals surface area contributed by atoms with Crippen molar-refractivity contribution in [2.45, 2.75) is 58.5 Å². The van der Waals surface area contributed by atoms with Crippen molar-refractivity contribution < 1.29 is 4.79 Å². The summed E-state index contributed by atoms with van der Waals surface area (Å²) >= 11 is 0. The molecule has 2 aliphatic rings. The first kappa shape index (κ1) is 14.5. The van der Waals surface area contributed by atoms with Crippen LogP contribution in [0.25, 0.3) is 0 Å². The normalized spacial score (nSPS) is 19.7. The van der Waals surface area contributed by atoms with E-state index in [0.717, 1.165) is 38.9 Å². The molecule has 0 radical (unpaired) electrons. The van der Waals surface area contributed by atoms with E-state index in [1.807, 2.05) is 10.6 Å². The summed E-state index contributed by atoms with van der Waals surface area (Å²) in [5.74, 6) is -0.108. The maximum Gasteiger partial charge on any atom is 0.261 e. The fourth-order valence-corrected chi connectivity index (χ4v) is 3.80. The molecule has 4 heteroatoms. The Morgan fingerprint density at radius 2 is 2.05 bits per heavy atom. The second-order valence-corrected chi connectivity index (χ2v) is 6.32. The van der Waals surface area contributed by atoms with Gasteiger partial charge in [-0.2, -0.15) is 0 Å². The smallest absolute Gasteiger partial charge is 0.261 e. The number of pyridine rings is 1. The minimum absolute atomic E-state index is 0.0573. The first-order chi connectivity index (χ1) is 10.1. The summed E-state index contributed by atoms with van der Waals surface area (Å²) in [6, 6.07) is 2.16. The number of fused-ring (bicyclic) bond motifs is 1. The second kappa shape index (κ2) is 5.76. The van der Waals surface area contributed by atoms with Gasteiger partial charge in [0.2, 0.25) is 0 Å². The Balaban J connectivity index is 2.14. The van der Waals surface area contributed by atoms with Crippen LogP contribution in [0.1, 0.15) is 67.2 Å². The third-order valence-electron chi connectivity index (χ3n) is 5.00. The number of hydrogen-bond acceptors (Lipinski definition) is 3. The lowest BCUT2D eigenvalue weighted by Crippen LogP contribution is -2.38. The monoisotopic (exact) mass is 288 g/mol. The average Bonchev–Trinajstić information content (AvgIpc) is 2.99. The predicted molar refractivity (Wildman–Crippen MR) is 82.9 cm³/mol. The van der Waals surface area contributed by atoms with Crippen LogP contribution in [0.3, 0.4) is 0 Å². The van der Waals surface area contributed by atoms with E-state index < -0.39 is 0 Å². The SMILES string of the molecule is CCN1CCc2c(cc(C(C)=O)c(=O)n2C2CCCC2)C1. The van der Waals surface area contributed by atoms with Gasteiger partial charge in [-0.25, -0.2) is 0 Å². The minimum Gasteiger partial charge on any atom is -0.309 e. The number of nitrogens with zero attached hydrogens (tertiary/aromatic N) is 2. The van der Waals surface area contributed by atoms with E-state index >= 15 is 0 Å². The number of Topliss-reactive ketones (excluding diaryl/α,β-unsaturated/α-hetero) is 1. The molecule has 4 nitrogen and oxygen atoms in total. The zero-order valence-electron chi connectivity index (χ0n) is 13.0. The fourth-order valence-electron chi connectivity index (χ4n) is 3.80. The van der Waals surface area contributed by atoms with Crippen molar-refractivity contribution in [1.29, 1.82) is 0 Å². The highest BCUT2D eigenvalue weighted by atomic mass is 16.1. The van der Waals surface area contributed by atoms with Gasteiger partial charge in [0.1, 0.15) is 0 Å².